The summed E-state index contributed by atoms with van der Waals surface area (Å²) in [7, 11) is 0. The van der Waals surface area contributed by atoms with Crippen LogP contribution < -0.4 is 5.56 Å². The minimum absolute atomic E-state index is 0.0613. The van der Waals surface area contributed by atoms with E-state index in [0.29, 0.717) is 43.7 Å². The van der Waals surface area contributed by atoms with Crippen LogP contribution in [-0.2, 0) is 17.6 Å². The number of furan rings is 1. The molecule has 0 fully saturated rings. The molecule has 1 N–H and O–H groups in total. The van der Waals surface area contributed by atoms with Crippen molar-refractivity contribution in [1.82, 2.24) is 14.9 Å². The third-order valence-corrected chi connectivity index (χ3v) is 5.29. The number of carbonyl (C=O) groups is 1. The molecule has 1 aromatic carbocycles. The summed E-state index contributed by atoms with van der Waals surface area (Å²) in [6.45, 7) is 2.88. The molecule has 0 spiro atoms. The van der Waals surface area contributed by atoms with Crippen molar-refractivity contribution in [2.24, 2.45) is 0 Å². The van der Waals surface area contributed by atoms with Crippen molar-refractivity contribution >= 4 is 5.91 Å². The van der Waals surface area contributed by atoms with Gasteiger partial charge in [-0.2, -0.15) is 0 Å². The molecule has 3 heterocycles. The molecule has 3 aromatic rings. The lowest BCUT2D eigenvalue weighted by Crippen LogP contribution is -2.34. The van der Waals surface area contributed by atoms with Crippen LogP contribution >= 0.6 is 0 Å². The number of nitrogens with one attached hydrogen (secondary N) is 1. The zero-order valence-corrected chi connectivity index (χ0v) is 15.9. The van der Waals surface area contributed by atoms with E-state index in [2.05, 4.69) is 9.97 Å². The quantitative estimate of drug-likeness (QED) is 0.758. The molecule has 6 nitrogen and oxygen atoms in total. The summed E-state index contributed by atoms with van der Waals surface area (Å²) in [6.07, 6.45) is 3.10. The number of rotatable bonds is 4. The van der Waals surface area contributed by atoms with Crippen LogP contribution in [0.1, 0.15) is 40.7 Å². The molecule has 1 unspecified atom stereocenters. The van der Waals surface area contributed by atoms with Crippen molar-refractivity contribution in [3.63, 3.8) is 0 Å². The molecule has 1 atom stereocenters. The Balaban J connectivity index is 1.53. The van der Waals surface area contributed by atoms with Gasteiger partial charge in [-0.25, -0.2) is 4.98 Å². The number of H-pyrrole nitrogens is 1. The Labute approximate surface area is 163 Å². The van der Waals surface area contributed by atoms with Gasteiger partial charge in [-0.15, -0.1) is 0 Å². The van der Waals surface area contributed by atoms with E-state index in [1.807, 2.05) is 47.4 Å². The fraction of sp³-hybridized carbons (Fsp3) is 0.318. The van der Waals surface area contributed by atoms with Crippen LogP contribution in [0.25, 0.3) is 0 Å². The third kappa shape index (κ3) is 3.76. The highest BCUT2D eigenvalue weighted by atomic mass is 16.3. The second-order valence-electron chi connectivity index (χ2n) is 7.14. The van der Waals surface area contributed by atoms with Crippen molar-refractivity contribution in [3.8, 4) is 0 Å². The zero-order valence-electron chi connectivity index (χ0n) is 15.9. The summed E-state index contributed by atoms with van der Waals surface area (Å²) in [6, 6.07) is 13.7. The number of carbonyl (C=O) groups excluding carboxylic acids is 1. The minimum Gasteiger partial charge on any atom is -0.469 e. The molecule has 2 aromatic heterocycles. The van der Waals surface area contributed by atoms with Gasteiger partial charge in [0, 0.05) is 31.5 Å². The second kappa shape index (κ2) is 7.84. The average molecular weight is 377 g/mol. The lowest BCUT2D eigenvalue weighted by molar-refractivity contribution is -0.131. The molecule has 144 valence electrons. The highest BCUT2D eigenvalue weighted by Gasteiger charge is 2.26. The van der Waals surface area contributed by atoms with E-state index in [1.165, 1.54) is 0 Å². The van der Waals surface area contributed by atoms with Gasteiger partial charge in [0.1, 0.15) is 11.6 Å². The third-order valence-electron chi connectivity index (χ3n) is 5.29. The van der Waals surface area contributed by atoms with Gasteiger partial charge in [0.2, 0.25) is 5.91 Å². The minimum atomic E-state index is -0.127. The van der Waals surface area contributed by atoms with Crippen molar-refractivity contribution in [2.75, 3.05) is 13.1 Å². The summed E-state index contributed by atoms with van der Waals surface area (Å²) in [5, 5.41) is 0. The van der Waals surface area contributed by atoms with Crippen LogP contribution in [-0.4, -0.2) is 33.9 Å². The highest BCUT2D eigenvalue weighted by molar-refractivity contribution is 5.77. The van der Waals surface area contributed by atoms with Crippen molar-refractivity contribution in [3.05, 3.63) is 87.5 Å². The number of aromatic nitrogens is 2. The molecule has 0 radical (unpaired) electrons. The van der Waals surface area contributed by atoms with E-state index < -0.39 is 0 Å². The smallest absolute Gasteiger partial charge is 0.254 e. The topological polar surface area (TPSA) is 79.2 Å². The number of nitrogens with zero attached hydrogens (tertiary/aromatic N) is 2. The summed E-state index contributed by atoms with van der Waals surface area (Å²) in [5.74, 6) is 1.33. The van der Waals surface area contributed by atoms with Gasteiger partial charge in [-0.05, 0) is 31.0 Å². The molecule has 1 amide bonds. The number of amides is 1. The van der Waals surface area contributed by atoms with Crippen molar-refractivity contribution in [2.45, 2.75) is 32.1 Å². The van der Waals surface area contributed by atoms with E-state index in [1.54, 1.807) is 13.2 Å². The lowest BCUT2D eigenvalue weighted by Gasteiger charge is -2.23. The molecular formula is C22H23N3O3. The van der Waals surface area contributed by atoms with Crippen LogP contribution in [0.3, 0.4) is 0 Å². The van der Waals surface area contributed by atoms with Crippen LogP contribution in [0, 0.1) is 6.92 Å². The largest absolute Gasteiger partial charge is 0.469 e. The fourth-order valence-electron chi connectivity index (χ4n) is 3.84. The normalized spacial score (nSPS) is 15.0. The Morgan fingerprint density at radius 1 is 1.18 bits per heavy atom. The van der Waals surface area contributed by atoms with Crippen molar-refractivity contribution < 1.29 is 9.21 Å². The number of benzene rings is 1. The van der Waals surface area contributed by atoms with Crippen LogP contribution in [0.2, 0.25) is 0 Å². The highest BCUT2D eigenvalue weighted by Crippen LogP contribution is 2.29. The maximum atomic E-state index is 13.1. The summed E-state index contributed by atoms with van der Waals surface area (Å²) < 4.78 is 5.62. The van der Waals surface area contributed by atoms with Gasteiger partial charge < -0.3 is 14.3 Å². The Kier molecular flexibility index (Phi) is 5.10. The standard InChI is InChI=1S/C22H23N3O3/c1-15-23-19-10-12-25(11-9-17(19)22(27)24-15)21(26)14-18(20-8-5-13-28-20)16-6-3-2-4-7-16/h2-8,13,18H,9-12,14H2,1H3,(H,23,24,27). The van der Waals surface area contributed by atoms with Gasteiger partial charge in [0.05, 0.1) is 17.9 Å². The van der Waals surface area contributed by atoms with E-state index in [9.17, 15) is 9.59 Å². The van der Waals surface area contributed by atoms with E-state index in [-0.39, 0.29) is 17.4 Å². The van der Waals surface area contributed by atoms with E-state index in [0.717, 1.165) is 17.0 Å². The van der Waals surface area contributed by atoms with E-state index in [4.69, 9.17) is 4.42 Å². The Hall–Kier alpha value is -3.15. The predicted octanol–water partition coefficient (Wildman–Crippen LogP) is 2.82. The molecule has 1 aliphatic heterocycles. The summed E-state index contributed by atoms with van der Waals surface area (Å²) in [5.41, 5.74) is 2.47. The van der Waals surface area contributed by atoms with Gasteiger partial charge in [0.15, 0.2) is 0 Å². The average Bonchev–Trinajstić information content (AvgIpc) is 3.13. The molecule has 28 heavy (non-hydrogen) atoms. The Bertz CT molecular complexity index is 1010. The SMILES string of the molecule is Cc1nc2c(c(=O)[nH]1)CCN(C(=O)CC(c1ccccc1)c1ccco1)CC2. The Morgan fingerprint density at radius 2 is 1.96 bits per heavy atom. The molecule has 4 rings (SSSR count). The lowest BCUT2D eigenvalue weighted by atomic mass is 9.92. The van der Waals surface area contributed by atoms with Crippen molar-refractivity contribution in [1.29, 1.82) is 0 Å². The second-order valence-corrected chi connectivity index (χ2v) is 7.14. The first-order valence-electron chi connectivity index (χ1n) is 9.56. The fourth-order valence-corrected chi connectivity index (χ4v) is 3.84. The molecule has 0 saturated carbocycles. The monoisotopic (exact) mass is 377 g/mol. The Morgan fingerprint density at radius 3 is 2.71 bits per heavy atom. The number of aryl methyl sites for hydroxylation is 1. The molecule has 0 bridgehead atoms. The van der Waals surface area contributed by atoms with E-state index >= 15 is 0 Å². The molecule has 0 saturated heterocycles. The number of hydrogen-bond donors (Lipinski definition) is 1. The summed E-state index contributed by atoms with van der Waals surface area (Å²) >= 11 is 0. The van der Waals surface area contributed by atoms with Crippen LogP contribution in [0.15, 0.2) is 57.9 Å². The molecule has 1 aliphatic rings. The predicted molar refractivity (Wildman–Crippen MR) is 105 cm³/mol. The number of hydrogen-bond acceptors (Lipinski definition) is 4. The molecular weight excluding hydrogens is 354 g/mol. The molecule has 0 aliphatic carbocycles. The number of fused-ring (bicyclic) bond motifs is 1. The van der Waals surface area contributed by atoms with Gasteiger partial charge >= 0.3 is 0 Å². The maximum absolute atomic E-state index is 13.1. The first kappa shape index (κ1) is 18.2. The van der Waals surface area contributed by atoms with Crippen LogP contribution in [0.4, 0.5) is 0 Å². The van der Waals surface area contributed by atoms with Gasteiger partial charge in [-0.1, -0.05) is 30.3 Å². The maximum Gasteiger partial charge on any atom is 0.254 e. The first-order valence-corrected chi connectivity index (χ1v) is 9.56. The van der Waals surface area contributed by atoms with Gasteiger partial charge in [0.25, 0.3) is 5.56 Å². The summed E-state index contributed by atoms with van der Waals surface area (Å²) in [4.78, 5) is 34.4. The number of aromatic amines is 1. The van der Waals surface area contributed by atoms with Gasteiger partial charge in [-0.3, -0.25) is 9.59 Å². The first-order chi connectivity index (χ1) is 13.6. The van der Waals surface area contributed by atoms with Crippen LogP contribution in [0.5, 0.6) is 0 Å². The molecule has 6 heteroatoms. The zero-order chi connectivity index (χ0) is 19.5.